The molecule has 0 fully saturated rings. The van der Waals surface area contributed by atoms with Gasteiger partial charge in [0.25, 0.3) is 5.89 Å². The van der Waals surface area contributed by atoms with E-state index < -0.39 is 0 Å². The molecule has 0 aliphatic rings. The van der Waals surface area contributed by atoms with Crippen LogP contribution in [-0.2, 0) is 6.54 Å². The van der Waals surface area contributed by atoms with Crippen molar-refractivity contribution in [3.63, 3.8) is 0 Å². The Labute approximate surface area is 123 Å². The highest BCUT2D eigenvalue weighted by atomic mass is 32.1. The Morgan fingerprint density at radius 1 is 1.45 bits per heavy atom. The monoisotopic (exact) mass is 294 g/mol. The van der Waals surface area contributed by atoms with Crippen LogP contribution in [0.25, 0.3) is 10.8 Å². The highest BCUT2D eigenvalue weighted by Gasteiger charge is 2.13. The Morgan fingerprint density at radius 2 is 2.25 bits per heavy atom. The molecule has 2 heterocycles. The minimum absolute atomic E-state index is 0.240. The Kier molecular flexibility index (Phi) is 5.28. The van der Waals surface area contributed by atoms with Crippen molar-refractivity contribution in [3.05, 3.63) is 23.3 Å². The molecule has 110 valence electrons. The van der Waals surface area contributed by atoms with Crippen LogP contribution >= 0.6 is 11.3 Å². The lowest BCUT2D eigenvalue weighted by Gasteiger charge is -2.20. The number of nitrogens with two attached hydrogens (primary N) is 1. The first-order valence-electron chi connectivity index (χ1n) is 6.87. The number of hydrogen-bond donors (Lipinski definition) is 1. The molecule has 1 atom stereocenters. The maximum Gasteiger partial charge on any atom is 0.268 e. The van der Waals surface area contributed by atoms with Crippen molar-refractivity contribution in [1.82, 2.24) is 15.0 Å². The van der Waals surface area contributed by atoms with Gasteiger partial charge in [0.1, 0.15) is 0 Å². The Balaban J connectivity index is 1.84. The van der Waals surface area contributed by atoms with E-state index in [9.17, 15) is 0 Å². The fraction of sp³-hybridized carbons (Fsp3) is 0.571. The lowest BCUT2D eigenvalue weighted by molar-refractivity contribution is 0.284. The van der Waals surface area contributed by atoms with Crippen molar-refractivity contribution in [1.29, 1.82) is 0 Å². The minimum Gasteiger partial charge on any atom is -0.333 e. The third-order valence-corrected chi connectivity index (χ3v) is 4.17. The average molecular weight is 294 g/mol. The molecule has 0 saturated carbocycles. The molecular formula is C14H22N4OS. The van der Waals surface area contributed by atoms with E-state index in [1.807, 2.05) is 24.6 Å². The van der Waals surface area contributed by atoms with Gasteiger partial charge in [-0.1, -0.05) is 25.1 Å². The molecule has 0 amide bonds. The van der Waals surface area contributed by atoms with Crippen molar-refractivity contribution < 1.29 is 4.52 Å². The second kappa shape index (κ2) is 6.97. The molecule has 0 saturated heterocycles. The topological polar surface area (TPSA) is 68.2 Å². The summed E-state index contributed by atoms with van der Waals surface area (Å²) in [6.45, 7) is 5.91. The normalized spacial score (nSPS) is 13.3. The largest absolute Gasteiger partial charge is 0.333 e. The van der Waals surface area contributed by atoms with E-state index in [4.69, 9.17) is 10.3 Å². The van der Waals surface area contributed by atoms with Gasteiger partial charge in [-0.25, -0.2) is 0 Å². The van der Waals surface area contributed by atoms with Crippen LogP contribution in [0.15, 0.2) is 22.0 Å². The SMILES string of the molecule is CC(C)C(N)CCN(C)Cc1noc(-c2cccs2)n1. The van der Waals surface area contributed by atoms with Gasteiger partial charge in [-0.3, -0.25) is 4.90 Å². The van der Waals surface area contributed by atoms with Crippen LogP contribution in [0.5, 0.6) is 0 Å². The molecule has 2 rings (SSSR count). The first-order valence-corrected chi connectivity index (χ1v) is 7.75. The van der Waals surface area contributed by atoms with Crippen molar-refractivity contribution in [3.8, 4) is 10.8 Å². The van der Waals surface area contributed by atoms with E-state index in [-0.39, 0.29) is 6.04 Å². The third-order valence-electron chi connectivity index (χ3n) is 3.31. The van der Waals surface area contributed by atoms with Gasteiger partial charge in [0.05, 0.1) is 11.4 Å². The highest BCUT2D eigenvalue weighted by Crippen LogP contribution is 2.22. The number of rotatable bonds is 7. The molecule has 2 aromatic heterocycles. The first kappa shape index (κ1) is 15.2. The van der Waals surface area contributed by atoms with Gasteiger partial charge >= 0.3 is 0 Å². The summed E-state index contributed by atoms with van der Waals surface area (Å²) < 4.78 is 5.27. The van der Waals surface area contributed by atoms with Crippen molar-refractivity contribution in [2.75, 3.05) is 13.6 Å². The summed E-state index contributed by atoms with van der Waals surface area (Å²) in [7, 11) is 2.05. The van der Waals surface area contributed by atoms with Gasteiger partial charge in [-0.05, 0) is 37.4 Å². The summed E-state index contributed by atoms with van der Waals surface area (Å²) >= 11 is 1.60. The number of hydrogen-bond acceptors (Lipinski definition) is 6. The van der Waals surface area contributed by atoms with Crippen LogP contribution in [-0.4, -0.2) is 34.7 Å². The van der Waals surface area contributed by atoms with Gasteiger partial charge < -0.3 is 10.3 Å². The molecule has 0 aromatic carbocycles. The van der Waals surface area contributed by atoms with Crippen molar-refractivity contribution in [2.24, 2.45) is 11.7 Å². The van der Waals surface area contributed by atoms with Gasteiger partial charge in [0.2, 0.25) is 0 Å². The summed E-state index contributed by atoms with van der Waals surface area (Å²) in [4.78, 5) is 7.59. The van der Waals surface area contributed by atoms with Crippen molar-refractivity contribution >= 4 is 11.3 Å². The molecular weight excluding hydrogens is 272 g/mol. The zero-order valence-electron chi connectivity index (χ0n) is 12.2. The molecule has 1 unspecified atom stereocenters. The zero-order chi connectivity index (χ0) is 14.5. The predicted molar refractivity (Wildman–Crippen MR) is 81.4 cm³/mol. The van der Waals surface area contributed by atoms with E-state index in [1.165, 1.54) is 0 Å². The molecule has 0 spiro atoms. The van der Waals surface area contributed by atoms with Crippen LogP contribution in [0.3, 0.4) is 0 Å². The third kappa shape index (κ3) is 4.13. The lowest BCUT2D eigenvalue weighted by Crippen LogP contribution is -2.31. The maximum absolute atomic E-state index is 6.05. The molecule has 0 aliphatic heterocycles. The van der Waals surface area contributed by atoms with E-state index in [0.717, 1.165) is 17.8 Å². The van der Waals surface area contributed by atoms with Gasteiger partial charge in [0, 0.05) is 6.04 Å². The lowest BCUT2D eigenvalue weighted by atomic mass is 10.0. The molecule has 0 radical (unpaired) electrons. The fourth-order valence-corrected chi connectivity index (χ4v) is 2.49. The summed E-state index contributed by atoms with van der Waals surface area (Å²) in [5, 5.41) is 6.02. The van der Waals surface area contributed by atoms with E-state index in [2.05, 4.69) is 28.9 Å². The number of thiophene rings is 1. The van der Waals surface area contributed by atoms with Crippen LogP contribution in [0, 0.1) is 5.92 Å². The standard InChI is InChI=1S/C14H22N4OS/c1-10(2)11(15)6-7-18(3)9-13-16-14(19-17-13)12-5-4-8-20-12/h4-5,8,10-11H,6-7,9,15H2,1-3H3. The molecule has 20 heavy (non-hydrogen) atoms. The quantitative estimate of drug-likeness (QED) is 0.850. The molecule has 6 heteroatoms. The molecule has 2 N–H and O–H groups in total. The van der Waals surface area contributed by atoms with E-state index in [0.29, 0.717) is 24.2 Å². The van der Waals surface area contributed by atoms with Crippen LogP contribution < -0.4 is 5.73 Å². The summed E-state index contributed by atoms with van der Waals surface area (Å²) in [5.41, 5.74) is 6.05. The second-order valence-electron chi connectivity index (χ2n) is 5.43. The van der Waals surface area contributed by atoms with Gasteiger partial charge in [-0.2, -0.15) is 4.98 Å². The predicted octanol–water partition coefficient (Wildman–Crippen LogP) is 2.60. The Morgan fingerprint density at radius 3 is 2.90 bits per heavy atom. The molecule has 2 aromatic rings. The maximum atomic E-state index is 6.05. The van der Waals surface area contributed by atoms with Gasteiger partial charge in [0.15, 0.2) is 5.82 Å². The highest BCUT2D eigenvalue weighted by molar-refractivity contribution is 7.13. The zero-order valence-corrected chi connectivity index (χ0v) is 13.1. The Bertz CT molecular complexity index is 509. The number of nitrogens with zero attached hydrogens (tertiary/aromatic N) is 3. The second-order valence-corrected chi connectivity index (χ2v) is 6.38. The van der Waals surface area contributed by atoms with Crippen LogP contribution in [0.1, 0.15) is 26.1 Å². The summed E-state index contributed by atoms with van der Waals surface area (Å²) in [6.07, 6.45) is 0.976. The molecule has 5 nitrogen and oxygen atoms in total. The Hall–Kier alpha value is -1.24. The first-order chi connectivity index (χ1) is 9.56. The summed E-state index contributed by atoms with van der Waals surface area (Å²) in [6, 6.07) is 4.20. The van der Waals surface area contributed by atoms with Gasteiger partial charge in [-0.15, -0.1) is 11.3 Å². The molecule has 0 aliphatic carbocycles. The summed E-state index contributed by atoms with van der Waals surface area (Å²) in [5.74, 6) is 1.83. The minimum atomic E-state index is 0.240. The smallest absolute Gasteiger partial charge is 0.268 e. The van der Waals surface area contributed by atoms with Crippen LogP contribution in [0.2, 0.25) is 0 Å². The number of aromatic nitrogens is 2. The molecule has 0 bridgehead atoms. The van der Waals surface area contributed by atoms with E-state index >= 15 is 0 Å². The van der Waals surface area contributed by atoms with Crippen molar-refractivity contribution in [2.45, 2.75) is 32.9 Å². The van der Waals surface area contributed by atoms with Crippen LogP contribution in [0.4, 0.5) is 0 Å². The van der Waals surface area contributed by atoms with E-state index in [1.54, 1.807) is 11.3 Å². The fourth-order valence-electron chi connectivity index (χ4n) is 1.84. The average Bonchev–Trinajstić information content (AvgIpc) is 3.05.